The summed E-state index contributed by atoms with van der Waals surface area (Å²) in [5.41, 5.74) is -1.12. The number of rotatable bonds is 8. The number of pyridine rings is 2. The van der Waals surface area contributed by atoms with Gasteiger partial charge in [0.1, 0.15) is 0 Å². The zero-order valence-electron chi connectivity index (χ0n) is 19.3. The highest BCUT2D eigenvalue weighted by Gasteiger charge is 2.32. The molecule has 36 heavy (non-hydrogen) atoms. The number of nitrogens with zero attached hydrogens (tertiary/aromatic N) is 5. The van der Waals surface area contributed by atoms with Crippen molar-refractivity contribution in [3.8, 4) is 0 Å². The number of fused-ring (bicyclic) bond motifs is 1. The van der Waals surface area contributed by atoms with Crippen molar-refractivity contribution in [3.63, 3.8) is 0 Å². The number of hydrogen-bond acceptors (Lipinski definition) is 6. The van der Waals surface area contributed by atoms with Crippen LogP contribution in [0.4, 0.5) is 17.6 Å². The molecule has 4 heterocycles. The van der Waals surface area contributed by atoms with Crippen molar-refractivity contribution < 1.29 is 32.3 Å². The maximum absolute atomic E-state index is 14.7. The molecule has 188 valence electrons. The van der Waals surface area contributed by atoms with Crippen molar-refractivity contribution in [2.24, 2.45) is 0 Å². The van der Waals surface area contributed by atoms with E-state index in [2.05, 4.69) is 15.1 Å². The van der Waals surface area contributed by atoms with Crippen molar-refractivity contribution in [1.82, 2.24) is 24.3 Å². The number of carbonyl (C=O) groups is 2. The van der Waals surface area contributed by atoms with E-state index in [1.807, 2.05) is 0 Å². The smallest absolute Gasteiger partial charge is 0.394 e. The second-order valence-electron chi connectivity index (χ2n) is 8.95. The summed E-state index contributed by atoms with van der Waals surface area (Å²) in [5.74, 6) is -1.59. The summed E-state index contributed by atoms with van der Waals surface area (Å²) in [7, 11) is 0. The second-order valence-corrected chi connectivity index (χ2v) is 8.95. The first-order chi connectivity index (χ1) is 16.9. The van der Waals surface area contributed by atoms with Crippen LogP contribution in [0.5, 0.6) is 0 Å². The normalized spacial score (nSPS) is 12.3. The number of Topliss-reactive ketones (excluding diaryl/α,β-unsaturated/α-hetero) is 1. The Labute approximate surface area is 202 Å². The predicted octanol–water partition coefficient (Wildman–Crippen LogP) is 3.56. The molecule has 0 aliphatic carbocycles. The van der Waals surface area contributed by atoms with Crippen LogP contribution >= 0.6 is 0 Å². The summed E-state index contributed by atoms with van der Waals surface area (Å²) in [6.07, 6.45) is 3.12. The number of aromatic nitrogens is 5. The topological polar surface area (TPSA) is 103 Å². The standard InChI is InChI=1S/C24H21F4N5O3/c1-23(2,13-34)33-12-19(18-8-30-9-20(25)21(18)33)22(36)15-3-14(5-29-6-15)4-17(35)11-32-10-16(7-31-32)24(26,27)28/h3,5-10,12,34H,4,11,13H2,1-2H3. The van der Waals surface area contributed by atoms with Crippen LogP contribution in [0, 0.1) is 5.82 Å². The SMILES string of the molecule is CC(C)(CO)n1cc(C(=O)c2cncc(CC(=O)Cn3cc(C(F)(F)F)cn3)c2)c2cncc(F)c21. The Bertz CT molecular complexity index is 1460. The molecule has 0 unspecified atom stereocenters. The first kappa shape index (κ1) is 25.2. The zero-order chi connectivity index (χ0) is 26.3. The number of halogens is 4. The highest BCUT2D eigenvalue weighted by atomic mass is 19.4. The summed E-state index contributed by atoms with van der Waals surface area (Å²) in [6, 6.07) is 1.45. The molecule has 0 bridgehead atoms. The number of aliphatic hydroxyl groups excluding tert-OH is 1. The van der Waals surface area contributed by atoms with Gasteiger partial charge in [0.25, 0.3) is 0 Å². The number of alkyl halides is 3. The molecule has 0 aliphatic rings. The second kappa shape index (κ2) is 9.26. The Morgan fingerprint density at radius 3 is 2.42 bits per heavy atom. The summed E-state index contributed by atoms with van der Waals surface area (Å²) in [5, 5.41) is 13.6. The molecule has 0 aliphatic heterocycles. The lowest BCUT2D eigenvalue weighted by atomic mass is 10.0. The van der Waals surface area contributed by atoms with E-state index in [1.54, 1.807) is 13.8 Å². The minimum absolute atomic E-state index is 0.115. The third kappa shape index (κ3) is 4.89. The zero-order valence-corrected chi connectivity index (χ0v) is 19.3. The highest BCUT2D eigenvalue weighted by Crippen LogP contribution is 2.31. The van der Waals surface area contributed by atoms with E-state index in [9.17, 15) is 32.3 Å². The Kier molecular flexibility index (Phi) is 6.48. The molecule has 0 amide bonds. The van der Waals surface area contributed by atoms with Crippen molar-refractivity contribution in [2.75, 3.05) is 6.61 Å². The minimum Gasteiger partial charge on any atom is -0.394 e. The van der Waals surface area contributed by atoms with Gasteiger partial charge < -0.3 is 9.67 Å². The van der Waals surface area contributed by atoms with Gasteiger partial charge in [-0.3, -0.25) is 24.2 Å². The molecule has 4 aromatic rings. The van der Waals surface area contributed by atoms with E-state index in [-0.39, 0.29) is 41.6 Å². The molecule has 0 saturated heterocycles. The van der Waals surface area contributed by atoms with Gasteiger partial charge in [0, 0.05) is 53.9 Å². The molecule has 4 aromatic heterocycles. The summed E-state index contributed by atoms with van der Waals surface area (Å²) >= 11 is 0. The van der Waals surface area contributed by atoms with Crippen LogP contribution in [0.3, 0.4) is 0 Å². The number of ketones is 2. The van der Waals surface area contributed by atoms with Crippen LogP contribution in [0.15, 0.2) is 49.4 Å². The predicted molar refractivity (Wildman–Crippen MR) is 120 cm³/mol. The van der Waals surface area contributed by atoms with Gasteiger partial charge in [-0.05, 0) is 25.5 Å². The molecule has 0 aromatic carbocycles. The Hall–Kier alpha value is -3.93. The van der Waals surface area contributed by atoms with Gasteiger partial charge in [0.2, 0.25) is 0 Å². The van der Waals surface area contributed by atoms with Crippen molar-refractivity contribution >= 4 is 22.5 Å². The van der Waals surface area contributed by atoms with Crippen LogP contribution in [-0.2, 0) is 29.5 Å². The molecule has 0 saturated carbocycles. The van der Waals surface area contributed by atoms with E-state index in [4.69, 9.17) is 0 Å². The van der Waals surface area contributed by atoms with Crippen LogP contribution in [0.25, 0.3) is 10.9 Å². The molecule has 12 heteroatoms. The van der Waals surface area contributed by atoms with E-state index in [0.29, 0.717) is 11.8 Å². The molecule has 1 N–H and O–H groups in total. The average Bonchev–Trinajstić information content (AvgIpc) is 3.45. The summed E-state index contributed by atoms with van der Waals surface area (Å²) in [6.45, 7) is 2.67. The van der Waals surface area contributed by atoms with Gasteiger partial charge in [-0.1, -0.05) is 0 Å². The van der Waals surface area contributed by atoms with Gasteiger partial charge in [-0.2, -0.15) is 18.3 Å². The lowest BCUT2D eigenvalue weighted by Crippen LogP contribution is -2.30. The van der Waals surface area contributed by atoms with E-state index in [1.165, 1.54) is 35.4 Å². The summed E-state index contributed by atoms with van der Waals surface area (Å²) < 4.78 is 55.2. The van der Waals surface area contributed by atoms with Gasteiger partial charge >= 0.3 is 6.18 Å². The highest BCUT2D eigenvalue weighted by molar-refractivity contribution is 6.16. The third-order valence-electron chi connectivity index (χ3n) is 5.70. The van der Waals surface area contributed by atoms with Gasteiger partial charge in [0.05, 0.1) is 42.2 Å². The average molecular weight is 503 g/mol. The Balaban J connectivity index is 1.59. The van der Waals surface area contributed by atoms with Crippen LogP contribution < -0.4 is 0 Å². The van der Waals surface area contributed by atoms with E-state index < -0.39 is 34.7 Å². The summed E-state index contributed by atoms with van der Waals surface area (Å²) in [4.78, 5) is 33.6. The fraction of sp³-hybridized carbons (Fsp3) is 0.292. The van der Waals surface area contributed by atoms with Crippen LogP contribution in [0.2, 0.25) is 0 Å². The van der Waals surface area contributed by atoms with E-state index in [0.717, 1.165) is 17.1 Å². The lowest BCUT2D eigenvalue weighted by molar-refractivity contribution is -0.137. The molecule has 4 rings (SSSR count). The quantitative estimate of drug-likeness (QED) is 0.291. The number of hydrogen-bond donors (Lipinski definition) is 1. The fourth-order valence-corrected chi connectivity index (χ4v) is 3.79. The van der Waals surface area contributed by atoms with Gasteiger partial charge in [-0.15, -0.1) is 0 Å². The molecule has 0 atom stereocenters. The molecular formula is C24H21F4N5O3. The number of carbonyl (C=O) groups excluding carboxylic acids is 2. The Morgan fingerprint density at radius 1 is 1.03 bits per heavy atom. The lowest BCUT2D eigenvalue weighted by Gasteiger charge is -2.25. The monoisotopic (exact) mass is 503 g/mol. The maximum atomic E-state index is 14.7. The molecule has 0 fully saturated rings. The van der Waals surface area contributed by atoms with Gasteiger partial charge in [-0.25, -0.2) is 4.39 Å². The van der Waals surface area contributed by atoms with Gasteiger partial charge in [0.15, 0.2) is 17.4 Å². The van der Waals surface area contributed by atoms with Crippen LogP contribution in [-0.4, -0.2) is 47.6 Å². The maximum Gasteiger partial charge on any atom is 0.419 e. The molecule has 0 spiro atoms. The fourth-order valence-electron chi connectivity index (χ4n) is 3.79. The molecular weight excluding hydrogens is 482 g/mol. The largest absolute Gasteiger partial charge is 0.419 e. The Morgan fingerprint density at radius 2 is 1.75 bits per heavy atom. The number of aliphatic hydroxyl groups is 1. The van der Waals surface area contributed by atoms with Crippen molar-refractivity contribution in [2.45, 2.75) is 38.5 Å². The van der Waals surface area contributed by atoms with Crippen molar-refractivity contribution in [3.05, 3.63) is 77.5 Å². The van der Waals surface area contributed by atoms with Crippen LogP contribution in [0.1, 0.15) is 40.9 Å². The third-order valence-corrected chi connectivity index (χ3v) is 5.70. The molecule has 0 radical (unpaired) electrons. The molecule has 8 nitrogen and oxygen atoms in total. The van der Waals surface area contributed by atoms with E-state index >= 15 is 0 Å². The minimum atomic E-state index is -4.56. The first-order valence-corrected chi connectivity index (χ1v) is 10.8. The van der Waals surface area contributed by atoms with Crippen molar-refractivity contribution in [1.29, 1.82) is 0 Å². The first-order valence-electron chi connectivity index (χ1n) is 10.8.